The number of carbonyl (C=O) groups is 4. The highest BCUT2D eigenvalue weighted by Gasteiger charge is 2.36. The summed E-state index contributed by atoms with van der Waals surface area (Å²) in [5.41, 5.74) is 4.96. The lowest BCUT2D eigenvalue weighted by atomic mass is 10.00. The van der Waals surface area contributed by atoms with Gasteiger partial charge < -0.3 is 18.9 Å². The van der Waals surface area contributed by atoms with Crippen molar-refractivity contribution >= 4 is 46.5 Å². The average Bonchev–Trinajstić information content (AvgIpc) is 3.93. The number of carbonyl (C=O) groups excluding carboxylic acids is 4. The minimum atomic E-state index is -0.633. The summed E-state index contributed by atoms with van der Waals surface area (Å²) < 4.78 is 29.3. The first-order valence-corrected chi connectivity index (χ1v) is 17.2. The number of methoxy groups -OCH3 is 1. The fraction of sp³-hybridized carbons (Fsp3) is 0.270. The Hall–Kier alpha value is -5.43. The lowest BCUT2D eigenvalue weighted by Crippen LogP contribution is -2.44. The molecule has 0 saturated carbocycles. The molecule has 1 fully saturated rings. The first-order chi connectivity index (χ1) is 24.1. The van der Waals surface area contributed by atoms with Crippen LogP contribution in [0.2, 0.25) is 0 Å². The zero-order chi connectivity index (χ0) is 35.1. The van der Waals surface area contributed by atoms with Crippen molar-refractivity contribution in [1.82, 2.24) is 18.9 Å². The number of halogens is 1. The van der Waals surface area contributed by atoms with Crippen LogP contribution in [-0.4, -0.2) is 76.6 Å². The number of aromatic nitrogens is 3. The molecule has 1 saturated heterocycles. The number of ketones is 1. The molecule has 0 spiro atoms. The van der Waals surface area contributed by atoms with Crippen LogP contribution in [0.5, 0.6) is 0 Å². The molecule has 50 heavy (non-hydrogen) atoms. The Balaban J connectivity index is 1.13. The van der Waals surface area contributed by atoms with Crippen molar-refractivity contribution in [2.75, 3.05) is 27.7 Å². The first-order valence-electron chi connectivity index (χ1n) is 16.1. The Morgan fingerprint density at radius 2 is 1.80 bits per heavy atom. The molecule has 5 heterocycles. The maximum Gasteiger partial charge on any atom is 0.415 e. The number of benzene rings is 2. The van der Waals surface area contributed by atoms with Crippen molar-refractivity contribution in [3.8, 4) is 11.1 Å². The molecule has 2 aromatic carbocycles. The first kappa shape index (κ1) is 33.1. The number of likely N-dealkylation sites (tertiary alicyclic amines) is 1. The molecule has 2 aliphatic heterocycles. The molecular formula is C37H35FN5O6S+. The number of amides is 2. The number of rotatable bonds is 7. The lowest BCUT2D eigenvalue weighted by Gasteiger charge is -2.21. The third kappa shape index (κ3) is 6.02. The molecule has 256 valence electrons. The molecule has 11 nitrogen and oxygen atoms in total. The Kier molecular flexibility index (Phi) is 8.91. The molecular weight excluding hydrogens is 662 g/mol. The molecule has 0 radical (unpaired) electrons. The van der Waals surface area contributed by atoms with Gasteiger partial charge in [0.1, 0.15) is 17.2 Å². The third-order valence-corrected chi connectivity index (χ3v) is 10.4. The van der Waals surface area contributed by atoms with Crippen LogP contribution in [0.4, 0.5) is 14.0 Å². The van der Waals surface area contributed by atoms with Crippen molar-refractivity contribution in [3.05, 3.63) is 114 Å². The highest BCUT2D eigenvalue weighted by molar-refractivity contribution is 7.99. The standard InChI is InChI=1S/C37H35FN5O6S/c1-39(2)36(46)43-20-29(27-13-10-24(18-31(27)43)23-8-11-26(38)12-9-23)33(44)28-14-17-41-32(28)21-50-34(41)25-6-4-15-40(19-25)22-49-37(47)42-16-5-7-30(42)35(45)48-3/h4,6,8-15,17-20,30,34H,5,7,16,21-22H2,1-3H3/q+1/t30-,34+/m0/s1. The number of fused-ring (bicyclic) bond motifs is 2. The molecule has 0 N–H and O–H groups in total. The normalized spacial score (nSPS) is 16.8. The zero-order valence-electron chi connectivity index (χ0n) is 27.7. The van der Waals surface area contributed by atoms with Gasteiger partial charge in [-0.05, 0) is 54.3 Å². The monoisotopic (exact) mass is 696 g/mol. The van der Waals surface area contributed by atoms with Gasteiger partial charge in [-0.3, -0.25) is 14.3 Å². The molecule has 2 amide bonds. The van der Waals surface area contributed by atoms with E-state index in [-0.39, 0.29) is 29.7 Å². The third-order valence-electron chi connectivity index (χ3n) is 9.18. The number of hydrogen-bond acceptors (Lipinski definition) is 7. The molecule has 5 aromatic rings. The fourth-order valence-electron chi connectivity index (χ4n) is 6.65. The Labute approximate surface area is 291 Å². The van der Waals surface area contributed by atoms with E-state index in [1.54, 1.807) is 55.0 Å². The summed E-state index contributed by atoms with van der Waals surface area (Å²) in [4.78, 5) is 55.2. The van der Waals surface area contributed by atoms with E-state index in [2.05, 4.69) is 4.57 Å². The maximum absolute atomic E-state index is 14.2. The van der Waals surface area contributed by atoms with Gasteiger partial charge in [0, 0.05) is 72.6 Å². The van der Waals surface area contributed by atoms with Gasteiger partial charge in [0.25, 0.3) is 6.73 Å². The second kappa shape index (κ2) is 13.5. The van der Waals surface area contributed by atoms with Crippen LogP contribution < -0.4 is 4.57 Å². The van der Waals surface area contributed by atoms with Crippen LogP contribution >= 0.6 is 11.8 Å². The predicted molar refractivity (Wildman–Crippen MR) is 184 cm³/mol. The van der Waals surface area contributed by atoms with E-state index in [0.29, 0.717) is 47.2 Å². The molecule has 3 aromatic heterocycles. The molecule has 0 unspecified atom stereocenters. The van der Waals surface area contributed by atoms with Crippen molar-refractivity contribution in [2.45, 2.75) is 36.7 Å². The van der Waals surface area contributed by atoms with E-state index >= 15 is 0 Å². The van der Waals surface area contributed by atoms with Crippen LogP contribution in [-0.2, 0) is 26.8 Å². The summed E-state index contributed by atoms with van der Waals surface area (Å²) in [6.07, 6.45) is 7.89. The van der Waals surface area contributed by atoms with Gasteiger partial charge in [0.05, 0.1) is 12.6 Å². The molecule has 13 heteroatoms. The van der Waals surface area contributed by atoms with E-state index in [0.717, 1.165) is 22.4 Å². The van der Waals surface area contributed by atoms with E-state index < -0.39 is 18.1 Å². The number of thioether (sulfide) groups is 1. The molecule has 0 aliphatic carbocycles. The molecule has 2 aliphatic rings. The van der Waals surface area contributed by atoms with Crippen LogP contribution in [0, 0.1) is 5.82 Å². The SMILES string of the molecule is COC(=O)[C@@H]1CCCN1C(=O)OC[n+]1cccc([C@H]2SCc3c(C(=O)c4cn(C(=O)N(C)C)c5cc(-c6ccc(F)cc6)ccc45)ccn32)c1. The summed E-state index contributed by atoms with van der Waals surface area (Å²) in [6, 6.07) is 16.4. The number of pyridine rings is 1. The van der Waals surface area contributed by atoms with Crippen molar-refractivity contribution in [3.63, 3.8) is 0 Å². The minimum absolute atomic E-state index is 0.0324. The summed E-state index contributed by atoms with van der Waals surface area (Å²) in [6.45, 7) is 0.401. The Morgan fingerprint density at radius 1 is 1.02 bits per heavy atom. The Bertz CT molecular complexity index is 2140. The van der Waals surface area contributed by atoms with Gasteiger partial charge in [0.2, 0.25) is 0 Å². The Morgan fingerprint density at radius 3 is 2.56 bits per heavy atom. The molecule has 2 atom stereocenters. The van der Waals surface area contributed by atoms with Crippen LogP contribution in [0.25, 0.3) is 22.0 Å². The van der Waals surface area contributed by atoms with Crippen molar-refractivity contribution in [2.24, 2.45) is 0 Å². The second-order valence-electron chi connectivity index (χ2n) is 12.5. The topological polar surface area (TPSA) is 107 Å². The zero-order valence-corrected chi connectivity index (χ0v) is 28.6. The predicted octanol–water partition coefficient (Wildman–Crippen LogP) is 5.82. The summed E-state index contributed by atoms with van der Waals surface area (Å²) >= 11 is 1.67. The number of hydrogen-bond donors (Lipinski definition) is 0. The molecule has 0 bridgehead atoms. The van der Waals surface area contributed by atoms with E-state index in [4.69, 9.17) is 9.47 Å². The number of esters is 1. The van der Waals surface area contributed by atoms with Crippen molar-refractivity contribution < 1.29 is 37.6 Å². The lowest BCUT2D eigenvalue weighted by molar-refractivity contribution is -0.727. The summed E-state index contributed by atoms with van der Waals surface area (Å²) in [7, 11) is 4.62. The smallest absolute Gasteiger partial charge is 0.415 e. The van der Waals surface area contributed by atoms with E-state index in [1.165, 1.54) is 33.6 Å². The van der Waals surface area contributed by atoms with Crippen LogP contribution in [0.3, 0.4) is 0 Å². The van der Waals surface area contributed by atoms with Crippen molar-refractivity contribution in [1.29, 1.82) is 0 Å². The van der Waals surface area contributed by atoms with Gasteiger partial charge in [-0.1, -0.05) is 24.3 Å². The summed E-state index contributed by atoms with van der Waals surface area (Å²) in [5, 5.41) is 0.524. The summed E-state index contributed by atoms with van der Waals surface area (Å²) in [5.74, 6) is -0.379. The minimum Gasteiger partial charge on any atom is -0.467 e. The van der Waals surface area contributed by atoms with Gasteiger partial charge in [0.15, 0.2) is 18.2 Å². The number of nitrogens with zero attached hydrogens (tertiary/aromatic N) is 5. The number of ether oxygens (including phenoxy) is 2. The van der Waals surface area contributed by atoms with E-state index in [1.807, 2.05) is 48.8 Å². The largest absolute Gasteiger partial charge is 0.467 e. The van der Waals surface area contributed by atoms with Gasteiger partial charge in [-0.2, -0.15) is 4.57 Å². The highest BCUT2D eigenvalue weighted by atomic mass is 32.2. The van der Waals surface area contributed by atoms with Crippen LogP contribution in [0.1, 0.15) is 45.4 Å². The second-order valence-corrected chi connectivity index (χ2v) is 13.5. The quantitative estimate of drug-likeness (QED) is 0.120. The fourth-order valence-corrected chi connectivity index (χ4v) is 7.96. The van der Waals surface area contributed by atoms with Gasteiger partial charge in [-0.25, -0.2) is 18.8 Å². The molecule has 7 rings (SSSR count). The average molecular weight is 697 g/mol. The highest BCUT2D eigenvalue weighted by Crippen LogP contribution is 2.42. The maximum atomic E-state index is 14.2. The van der Waals surface area contributed by atoms with Gasteiger partial charge in [-0.15, -0.1) is 11.8 Å². The van der Waals surface area contributed by atoms with Gasteiger partial charge >= 0.3 is 18.1 Å². The van der Waals surface area contributed by atoms with E-state index in [9.17, 15) is 23.6 Å². The van der Waals surface area contributed by atoms with Crippen LogP contribution in [0.15, 0.2) is 85.5 Å².